The van der Waals surface area contributed by atoms with Crippen LogP contribution in [0.4, 0.5) is 18.9 Å². The summed E-state index contributed by atoms with van der Waals surface area (Å²) in [4.78, 5) is 12.3. The fraction of sp³-hybridized carbons (Fsp3) is 0.316. The molecule has 0 aliphatic heterocycles. The highest BCUT2D eigenvalue weighted by Crippen LogP contribution is 2.48. The summed E-state index contributed by atoms with van der Waals surface area (Å²) in [5.41, 5.74) is 3.02. The minimum atomic E-state index is -4.33. The van der Waals surface area contributed by atoms with Crippen LogP contribution in [0.15, 0.2) is 42.5 Å². The average Bonchev–Trinajstić information content (AvgIpc) is 3.30. The third-order valence-electron chi connectivity index (χ3n) is 4.43. The number of carbonyl (C=O) groups is 1. The monoisotopic (exact) mass is 333 g/mol. The fourth-order valence-electron chi connectivity index (χ4n) is 2.95. The van der Waals surface area contributed by atoms with Crippen molar-refractivity contribution in [3.8, 4) is 0 Å². The normalized spacial score (nSPS) is 19.9. The lowest BCUT2D eigenvalue weighted by atomic mass is 10.1. The number of rotatable bonds is 3. The molecule has 2 aromatic carbocycles. The SMILES string of the molecule is Cc1ccc(NC(=O)C2CC2c2ccc(C(F)(F)F)cc2)c(C)c1. The van der Waals surface area contributed by atoms with E-state index in [0.29, 0.717) is 6.42 Å². The Morgan fingerprint density at radius 1 is 1.08 bits per heavy atom. The smallest absolute Gasteiger partial charge is 0.326 e. The molecule has 0 bridgehead atoms. The standard InChI is InChI=1S/C19H18F3NO/c1-11-3-8-17(12(2)9-11)23-18(24)16-10-15(16)13-4-6-14(7-5-13)19(20,21)22/h3-9,15-16H,10H2,1-2H3,(H,23,24). The lowest BCUT2D eigenvalue weighted by Crippen LogP contribution is -2.15. The van der Waals surface area contributed by atoms with Gasteiger partial charge in [0.2, 0.25) is 5.91 Å². The van der Waals surface area contributed by atoms with E-state index in [-0.39, 0.29) is 17.7 Å². The molecule has 126 valence electrons. The summed E-state index contributed by atoms with van der Waals surface area (Å²) in [6, 6.07) is 10.9. The van der Waals surface area contributed by atoms with E-state index in [2.05, 4.69) is 5.32 Å². The molecule has 0 saturated heterocycles. The predicted octanol–water partition coefficient (Wildman–Crippen LogP) is 5.06. The molecule has 0 radical (unpaired) electrons. The van der Waals surface area contributed by atoms with Crippen LogP contribution in [-0.4, -0.2) is 5.91 Å². The van der Waals surface area contributed by atoms with Gasteiger partial charge in [-0.05, 0) is 55.5 Å². The molecule has 1 aliphatic carbocycles. The lowest BCUT2D eigenvalue weighted by molar-refractivity contribution is -0.137. The molecule has 2 unspecified atom stereocenters. The molecule has 0 aromatic heterocycles. The molecular weight excluding hydrogens is 315 g/mol. The number of alkyl halides is 3. The summed E-state index contributed by atoms with van der Waals surface area (Å²) in [5, 5.41) is 2.92. The first-order valence-corrected chi connectivity index (χ1v) is 7.81. The second-order valence-corrected chi connectivity index (χ2v) is 6.38. The van der Waals surface area contributed by atoms with E-state index in [4.69, 9.17) is 0 Å². The minimum Gasteiger partial charge on any atom is -0.326 e. The van der Waals surface area contributed by atoms with Gasteiger partial charge in [-0.3, -0.25) is 4.79 Å². The first-order chi connectivity index (χ1) is 11.3. The summed E-state index contributed by atoms with van der Waals surface area (Å²) in [6.45, 7) is 3.92. The van der Waals surface area contributed by atoms with Crippen molar-refractivity contribution in [2.24, 2.45) is 5.92 Å². The molecule has 2 atom stereocenters. The van der Waals surface area contributed by atoms with Crippen LogP contribution in [0.25, 0.3) is 0 Å². The largest absolute Gasteiger partial charge is 0.416 e. The van der Waals surface area contributed by atoms with Crippen molar-refractivity contribution in [3.63, 3.8) is 0 Å². The van der Waals surface area contributed by atoms with E-state index < -0.39 is 11.7 Å². The molecule has 2 aromatic rings. The summed E-state index contributed by atoms with van der Waals surface area (Å²) < 4.78 is 37.8. The number of anilines is 1. The van der Waals surface area contributed by atoms with Crippen LogP contribution >= 0.6 is 0 Å². The van der Waals surface area contributed by atoms with Crippen LogP contribution in [0, 0.1) is 19.8 Å². The highest BCUT2D eigenvalue weighted by Gasteiger charge is 2.44. The first kappa shape index (κ1) is 16.6. The number of hydrogen-bond donors (Lipinski definition) is 1. The van der Waals surface area contributed by atoms with Gasteiger partial charge in [0.05, 0.1) is 5.56 Å². The van der Waals surface area contributed by atoms with Crippen molar-refractivity contribution in [1.82, 2.24) is 0 Å². The second-order valence-electron chi connectivity index (χ2n) is 6.38. The van der Waals surface area contributed by atoms with Gasteiger partial charge in [-0.1, -0.05) is 29.8 Å². The summed E-state index contributed by atoms with van der Waals surface area (Å²) >= 11 is 0. The Morgan fingerprint density at radius 3 is 2.33 bits per heavy atom. The zero-order valence-corrected chi connectivity index (χ0v) is 13.4. The van der Waals surface area contributed by atoms with Crippen LogP contribution in [-0.2, 0) is 11.0 Å². The van der Waals surface area contributed by atoms with E-state index in [9.17, 15) is 18.0 Å². The molecule has 1 N–H and O–H groups in total. The maximum Gasteiger partial charge on any atom is 0.416 e. The maximum atomic E-state index is 12.6. The Kier molecular flexibility index (Phi) is 4.11. The van der Waals surface area contributed by atoms with Gasteiger partial charge in [-0.25, -0.2) is 0 Å². The van der Waals surface area contributed by atoms with Crippen LogP contribution in [0.3, 0.4) is 0 Å². The van der Waals surface area contributed by atoms with Gasteiger partial charge >= 0.3 is 6.18 Å². The Bertz CT molecular complexity index is 765. The van der Waals surface area contributed by atoms with Crippen molar-refractivity contribution < 1.29 is 18.0 Å². The molecule has 1 fully saturated rings. The van der Waals surface area contributed by atoms with Crippen LogP contribution < -0.4 is 5.32 Å². The molecule has 24 heavy (non-hydrogen) atoms. The molecule has 2 nitrogen and oxygen atoms in total. The molecule has 1 saturated carbocycles. The van der Waals surface area contributed by atoms with Gasteiger partial charge in [0.25, 0.3) is 0 Å². The molecule has 0 spiro atoms. The van der Waals surface area contributed by atoms with E-state index in [1.807, 2.05) is 32.0 Å². The van der Waals surface area contributed by atoms with Gasteiger partial charge in [0.1, 0.15) is 0 Å². The Labute approximate surface area is 138 Å². The third kappa shape index (κ3) is 3.45. The Hall–Kier alpha value is -2.30. The van der Waals surface area contributed by atoms with Gasteiger partial charge in [0.15, 0.2) is 0 Å². The van der Waals surface area contributed by atoms with E-state index >= 15 is 0 Å². The number of carbonyl (C=O) groups excluding carboxylic acids is 1. The van der Waals surface area contributed by atoms with E-state index in [0.717, 1.165) is 34.5 Å². The minimum absolute atomic E-state index is 0.00182. The Morgan fingerprint density at radius 2 is 1.75 bits per heavy atom. The number of benzene rings is 2. The van der Waals surface area contributed by atoms with Crippen LogP contribution in [0.2, 0.25) is 0 Å². The lowest BCUT2D eigenvalue weighted by Gasteiger charge is -2.10. The predicted molar refractivity (Wildman–Crippen MR) is 86.8 cm³/mol. The van der Waals surface area contributed by atoms with Crippen LogP contribution in [0.5, 0.6) is 0 Å². The average molecular weight is 333 g/mol. The van der Waals surface area contributed by atoms with Gasteiger partial charge in [0, 0.05) is 11.6 Å². The zero-order valence-electron chi connectivity index (χ0n) is 13.4. The Balaban J connectivity index is 1.65. The maximum absolute atomic E-state index is 12.6. The quantitative estimate of drug-likeness (QED) is 0.835. The third-order valence-corrected chi connectivity index (χ3v) is 4.43. The van der Waals surface area contributed by atoms with Gasteiger partial charge < -0.3 is 5.32 Å². The summed E-state index contributed by atoms with van der Waals surface area (Å²) in [5.74, 6) is -0.257. The van der Waals surface area contributed by atoms with Gasteiger partial charge in [-0.15, -0.1) is 0 Å². The van der Waals surface area contributed by atoms with E-state index in [1.54, 1.807) is 0 Å². The number of amides is 1. The van der Waals surface area contributed by atoms with Crippen molar-refractivity contribution in [2.75, 3.05) is 5.32 Å². The van der Waals surface area contributed by atoms with Gasteiger partial charge in [-0.2, -0.15) is 13.2 Å². The molecule has 5 heteroatoms. The van der Waals surface area contributed by atoms with Crippen LogP contribution in [0.1, 0.15) is 34.6 Å². The second kappa shape index (κ2) is 5.96. The number of hydrogen-bond acceptors (Lipinski definition) is 1. The fourth-order valence-corrected chi connectivity index (χ4v) is 2.95. The van der Waals surface area contributed by atoms with Crippen molar-refractivity contribution in [1.29, 1.82) is 0 Å². The molecule has 1 amide bonds. The van der Waals surface area contributed by atoms with Crippen molar-refractivity contribution in [2.45, 2.75) is 32.4 Å². The molecular formula is C19H18F3NO. The molecule has 3 rings (SSSR count). The zero-order chi connectivity index (χ0) is 17.5. The summed E-state index contributed by atoms with van der Waals surface area (Å²) in [6.07, 6.45) is -3.66. The number of aryl methyl sites for hydroxylation is 2. The number of nitrogens with one attached hydrogen (secondary N) is 1. The topological polar surface area (TPSA) is 29.1 Å². The highest BCUT2D eigenvalue weighted by atomic mass is 19.4. The first-order valence-electron chi connectivity index (χ1n) is 7.81. The highest BCUT2D eigenvalue weighted by molar-refractivity contribution is 5.95. The number of halogens is 3. The molecule has 0 heterocycles. The van der Waals surface area contributed by atoms with Crippen molar-refractivity contribution in [3.05, 3.63) is 64.7 Å². The summed E-state index contributed by atoms with van der Waals surface area (Å²) in [7, 11) is 0. The van der Waals surface area contributed by atoms with E-state index in [1.165, 1.54) is 12.1 Å². The molecule has 1 aliphatic rings. The van der Waals surface area contributed by atoms with Crippen molar-refractivity contribution >= 4 is 11.6 Å².